The fourth-order valence-electron chi connectivity index (χ4n) is 2.08. The third kappa shape index (κ3) is 3.92. The van der Waals surface area contributed by atoms with Gasteiger partial charge in [-0.3, -0.25) is 0 Å². The lowest BCUT2D eigenvalue weighted by molar-refractivity contribution is 0.544. The van der Waals surface area contributed by atoms with Gasteiger partial charge in [0.1, 0.15) is 0 Å². The molecule has 0 saturated heterocycles. The normalized spacial score (nSPS) is 12.6. The van der Waals surface area contributed by atoms with Crippen LogP contribution in [0.25, 0.3) is 0 Å². The monoisotopic (exact) mass is 323 g/mol. The first-order valence-electron chi connectivity index (χ1n) is 6.28. The molecule has 0 aliphatic heterocycles. The summed E-state index contributed by atoms with van der Waals surface area (Å²) < 4.78 is 0. The quantitative estimate of drug-likeness (QED) is 0.706. The molecule has 0 bridgehead atoms. The van der Waals surface area contributed by atoms with Crippen molar-refractivity contribution in [1.82, 2.24) is 4.98 Å². The number of hydrogen-bond acceptors (Lipinski definition) is 2. The number of rotatable bonds is 6. The largest absolute Gasteiger partial charge is 0.250 e. The second-order valence-electron chi connectivity index (χ2n) is 4.61. The predicted molar refractivity (Wildman–Crippen MR) is 82.6 cm³/mol. The van der Waals surface area contributed by atoms with E-state index in [-0.39, 0.29) is 0 Å². The van der Waals surface area contributed by atoms with Crippen LogP contribution in [0.5, 0.6) is 0 Å². The Hall–Kier alpha value is -0.670. The highest BCUT2D eigenvalue weighted by Gasteiger charge is 2.10. The predicted octanol–water partition coefficient (Wildman–Crippen LogP) is 4.64. The molecular weight excluding hydrogens is 306 g/mol. The van der Waals surface area contributed by atoms with E-state index in [1.165, 1.54) is 22.6 Å². The maximum absolute atomic E-state index is 4.31. The highest BCUT2D eigenvalue weighted by atomic mass is 79.9. The van der Waals surface area contributed by atoms with E-state index in [9.17, 15) is 0 Å². The summed E-state index contributed by atoms with van der Waals surface area (Å²) in [7, 11) is 0. The fourth-order valence-corrected chi connectivity index (χ4v) is 3.43. The zero-order valence-electron chi connectivity index (χ0n) is 10.6. The van der Waals surface area contributed by atoms with E-state index >= 15 is 0 Å². The van der Waals surface area contributed by atoms with Crippen LogP contribution in [-0.2, 0) is 12.8 Å². The van der Waals surface area contributed by atoms with Gasteiger partial charge >= 0.3 is 0 Å². The molecule has 1 aromatic heterocycles. The molecule has 1 aromatic carbocycles. The molecule has 18 heavy (non-hydrogen) atoms. The summed E-state index contributed by atoms with van der Waals surface area (Å²) in [5, 5.41) is 1.07. The van der Waals surface area contributed by atoms with Crippen molar-refractivity contribution >= 4 is 27.3 Å². The van der Waals surface area contributed by atoms with Gasteiger partial charge in [0.25, 0.3) is 0 Å². The van der Waals surface area contributed by atoms with Crippen LogP contribution < -0.4 is 0 Å². The number of hydrogen-bond donors (Lipinski definition) is 0. The van der Waals surface area contributed by atoms with E-state index < -0.39 is 0 Å². The van der Waals surface area contributed by atoms with Crippen molar-refractivity contribution in [1.29, 1.82) is 0 Å². The molecular formula is C15H18BrNS. The van der Waals surface area contributed by atoms with Crippen LogP contribution in [0.4, 0.5) is 0 Å². The van der Waals surface area contributed by atoms with Gasteiger partial charge in [-0.2, -0.15) is 0 Å². The SMILES string of the molecule is Cc1ncsc1CCC(CBr)Cc1ccccc1. The molecule has 0 N–H and O–H groups in total. The summed E-state index contributed by atoms with van der Waals surface area (Å²) in [6.07, 6.45) is 3.53. The number of thiazole rings is 1. The summed E-state index contributed by atoms with van der Waals surface area (Å²) >= 11 is 5.43. The van der Waals surface area contributed by atoms with Crippen LogP contribution in [0.3, 0.4) is 0 Å². The summed E-state index contributed by atoms with van der Waals surface area (Å²) in [5.41, 5.74) is 4.58. The second-order valence-corrected chi connectivity index (χ2v) is 6.20. The van der Waals surface area contributed by atoms with Gasteiger partial charge in [0, 0.05) is 10.2 Å². The van der Waals surface area contributed by atoms with Crippen LogP contribution in [0.1, 0.15) is 22.6 Å². The standard InChI is InChI=1S/C15H18BrNS/c1-12-15(18-11-17-12)8-7-14(10-16)9-13-5-3-2-4-6-13/h2-6,11,14H,7-10H2,1H3. The van der Waals surface area contributed by atoms with Gasteiger partial charge in [-0.25, -0.2) is 4.98 Å². The summed E-state index contributed by atoms with van der Waals surface area (Å²) in [6, 6.07) is 10.7. The van der Waals surface area contributed by atoms with Crippen molar-refractivity contribution < 1.29 is 0 Å². The number of halogens is 1. The van der Waals surface area contributed by atoms with Crippen molar-refractivity contribution in [3.8, 4) is 0 Å². The Morgan fingerprint density at radius 2 is 2.06 bits per heavy atom. The number of nitrogens with zero attached hydrogens (tertiary/aromatic N) is 1. The van der Waals surface area contributed by atoms with Crippen molar-refractivity contribution in [2.75, 3.05) is 5.33 Å². The molecule has 1 unspecified atom stereocenters. The molecule has 0 amide bonds. The maximum Gasteiger partial charge on any atom is 0.0797 e. The van der Waals surface area contributed by atoms with Crippen molar-refractivity contribution in [3.05, 3.63) is 52.0 Å². The molecule has 1 nitrogen and oxygen atoms in total. The number of aryl methyl sites for hydroxylation is 2. The maximum atomic E-state index is 4.31. The fraction of sp³-hybridized carbons (Fsp3) is 0.400. The third-order valence-corrected chi connectivity index (χ3v) is 5.12. The first kappa shape index (κ1) is 13.8. The van der Waals surface area contributed by atoms with Gasteiger partial charge in [0.2, 0.25) is 0 Å². The molecule has 0 spiro atoms. The van der Waals surface area contributed by atoms with Crippen LogP contribution >= 0.6 is 27.3 Å². The zero-order valence-corrected chi connectivity index (χ0v) is 13.0. The highest BCUT2D eigenvalue weighted by molar-refractivity contribution is 9.09. The van der Waals surface area contributed by atoms with Crippen LogP contribution in [0.2, 0.25) is 0 Å². The van der Waals surface area contributed by atoms with Gasteiger partial charge in [-0.05, 0) is 37.7 Å². The topological polar surface area (TPSA) is 12.9 Å². The molecule has 0 fully saturated rings. The Labute approximate surface area is 121 Å². The molecule has 2 rings (SSSR count). The van der Waals surface area contributed by atoms with E-state index in [0.29, 0.717) is 5.92 Å². The summed E-state index contributed by atoms with van der Waals surface area (Å²) in [5.74, 6) is 0.703. The van der Waals surface area contributed by atoms with Crippen LogP contribution in [-0.4, -0.2) is 10.3 Å². The molecule has 96 valence electrons. The zero-order chi connectivity index (χ0) is 12.8. The van der Waals surface area contributed by atoms with Crippen molar-refractivity contribution in [2.24, 2.45) is 5.92 Å². The second kappa shape index (κ2) is 7.05. The van der Waals surface area contributed by atoms with Gasteiger partial charge in [-0.15, -0.1) is 11.3 Å². The molecule has 0 saturated carbocycles. The first-order valence-corrected chi connectivity index (χ1v) is 8.28. The molecule has 3 heteroatoms. The minimum absolute atomic E-state index is 0.703. The molecule has 0 radical (unpaired) electrons. The first-order chi connectivity index (χ1) is 8.79. The lowest BCUT2D eigenvalue weighted by Gasteiger charge is -2.13. The van der Waals surface area contributed by atoms with Crippen LogP contribution in [0.15, 0.2) is 35.8 Å². The number of alkyl halides is 1. The van der Waals surface area contributed by atoms with E-state index in [0.717, 1.165) is 18.2 Å². The molecule has 1 atom stereocenters. The Balaban J connectivity index is 1.88. The molecule has 1 heterocycles. The van der Waals surface area contributed by atoms with E-state index in [1.54, 1.807) is 11.3 Å². The van der Waals surface area contributed by atoms with Gasteiger partial charge in [-0.1, -0.05) is 46.3 Å². The summed E-state index contributed by atoms with van der Waals surface area (Å²) in [4.78, 5) is 5.75. The van der Waals surface area contributed by atoms with Crippen LogP contribution in [0, 0.1) is 12.8 Å². The average Bonchev–Trinajstić information content (AvgIpc) is 2.81. The third-order valence-electron chi connectivity index (χ3n) is 3.21. The Morgan fingerprint density at radius 3 is 2.67 bits per heavy atom. The minimum atomic E-state index is 0.703. The lowest BCUT2D eigenvalue weighted by Crippen LogP contribution is -2.07. The smallest absolute Gasteiger partial charge is 0.0797 e. The van der Waals surface area contributed by atoms with Gasteiger partial charge in [0.05, 0.1) is 11.2 Å². The minimum Gasteiger partial charge on any atom is -0.250 e. The highest BCUT2D eigenvalue weighted by Crippen LogP contribution is 2.21. The van der Waals surface area contributed by atoms with E-state index in [1.807, 2.05) is 5.51 Å². The Bertz CT molecular complexity index is 466. The lowest BCUT2D eigenvalue weighted by atomic mass is 9.96. The number of benzene rings is 1. The molecule has 2 aromatic rings. The van der Waals surface area contributed by atoms with E-state index in [4.69, 9.17) is 0 Å². The molecule has 0 aliphatic rings. The molecule has 0 aliphatic carbocycles. The van der Waals surface area contributed by atoms with E-state index in [2.05, 4.69) is 58.2 Å². The Kier molecular flexibility index (Phi) is 5.39. The van der Waals surface area contributed by atoms with Gasteiger partial charge < -0.3 is 0 Å². The van der Waals surface area contributed by atoms with Crippen molar-refractivity contribution in [3.63, 3.8) is 0 Å². The van der Waals surface area contributed by atoms with Crippen molar-refractivity contribution in [2.45, 2.75) is 26.2 Å². The Morgan fingerprint density at radius 1 is 1.28 bits per heavy atom. The number of aromatic nitrogens is 1. The average molecular weight is 324 g/mol. The summed E-state index contributed by atoms with van der Waals surface area (Å²) in [6.45, 7) is 2.10. The van der Waals surface area contributed by atoms with Gasteiger partial charge in [0.15, 0.2) is 0 Å².